The zero-order valence-electron chi connectivity index (χ0n) is 8.87. The molecule has 17 heavy (non-hydrogen) atoms. The Hall–Kier alpha value is -2.50. The molecule has 0 aliphatic carbocycles. The van der Waals surface area contributed by atoms with E-state index in [1.807, 2.05) is 0 Å². The average Bonchev–Trinajstić information content (AvgIpc) is 2.64. The smallest absolute Gasteiger partial charge is 0.341 e. The molecule has 0 amide bonds. The number of anilines is 1. The van der Waals surface area contributed by atoms with Gasteiger partial charge in [-0.3, -0.25) is 0 Å². The summed E-state index contributed by atoms with van der Waals surface area (Å²) in [4.78, 5) is 10.8. The maximum absolute atomic E-state index is 10.8. The van der Waals surface area contributed by atoms with Gasteiger partial charge in [0.05, 0.1) is 12.7 Å². The minimum atomic E-state index is -1.12. The summed E-state index contributed by atoms with van der Waals surface area (Å²) in [5.41, 5.74) is 6.22. The maximum Gasteiger partial charge on any atom is 0.341 e. The lowest BCUT2D eigenvalue weighted by molar-refractivity contribution is 0.0698. The standard InChI is InChI=1S/C11H11N3O3/c12-10-8(11(16)17)5-13-14(10)6-7-3-1-2-4-9(7)15/h1-5,15H,6,12H2,(H,16,17). The summed E-state index contributed by atoms with van der Waals surface area (Å²) in [5, 5.41) is 22.3. The van der Waals surface area contributed by atoms with Gasteiger partial charge in [0, 0.05) is 5.56 Å². The second kappa shape index (κ2) is 4.17. The number of hydrogen-bond acceptors (Lipinski definition) is 4. The molecule has 0 radical (unpaired) electrons. The Bertz CT molecular complexity index is 563. The summed E-state index contributed by atoms with van der Waals surface area (Å²) in [6.45, 7) is 0.228. The molecule has 0 saturated heterocycles. The lowest BCUT2D eigenvalue weighted by atomic mass is 10.2. The molecular formula is C11H11N3O3. The first kappa shape index (κ1) is 11.0. The molecule has 88 valence electrons. The van der Waals surface area contributed by atoms with Crippen molar-refractivity contribution in [3.8, 4) is 5.75 Å². The third-order valence-corrected chi connectivity index (χ3v) is 2.42. The number of aromatic carboxylic acids is 1. The lowest BCUT2D eigenvalue weighted by Gasteiger charge is -2.06. The molecule has 0 unspecified atom stereocenters. The first-order valence-corrected chi connectivity index (χ1v) is 4.91. The molecule has 2 aromatic rings. The van der Waals surface area contributed by atoms with Crippen LogP contribution in [0.1, 0.15) is 15.9 Å². The predicted molar refractivity (Wildman–Crippen MR) is 60.8 cm³/mol. The lowest BCUT2D eigenvalue weighted by Crippen LogP contribution is -2.08. The number of phenols is 1. The van der Waals surface area contributed by atoms with Crippen LogP contribution < -0.4 is 5.73 Å². The first-order valence-electron chi connectivity index (χ1n) is 4.91. The van der Waals surface area contributed by atoms with Crippen LogP contribution in [0, 0.1) is 0 Å². The third kappa shape index (κ3) is 2.05. The van der Waals surface area contributed by atoms with Crippen molar-refractivity contribution in [2.45, 2.75) is 6.54 Å². The molecule has 1 aromatic carbocycles. The van der Waals surface area contributed by atoms with Crippen molar-refractivity contribution >= 4 is 11.8 Å². The van der Waals surface area contributed by atoms with Gasteiger partial charge in [0.25, 0.3) is 0 Å². The van der Waals surface area contributed by atoms with E-state index >= 15 is 0 Å². The molecule has 1 heterocycles. The van der Waals surface area contributed by atoms with Gasteiger partial charge in [0.1, 0.15) is 17.1 Å². The highest BCUT2D eigenvalue weighted by Gasteiger charge is 2.14. The van der Waals surface area contributed by atoms with Crippen molar-refractivity contribution in [1.29, 1.82) is 0 Å². The van der Waals surface area contributed by atoms with Crippen LogP contribution in [0.5, 0.6) is 5.75 Å². The number of carboxylic acids is 1. The van der Waals surface area contributed by atoms with Crippen molar-refractivity contribution in [2.24, 2.45) is 0 Å². The maximum atomic E-state index is 10.8. The highest BCUT2D eigenvalue weighted by molar-refractivity contribution is 5.92. The summed E-state index contributed by atoms with van der Waals surface area (Å²) >= 11 is 0. The van der Waals surface area contributed by atoms with Gasteiger partial charge in [-0.25, -0.2) is 9.48 Å². The molecule has 2 rings (SSSR count). The van der Waals surface area contributed by atoms with Crippen LogP contribution in [0.4, 0.5) is 5.82 Å². The van der Waals surface area contributed by atoms with Gasteiger partial charge in [-0.05, 0) is 6.07 Å². The number of rotatable bonds is 3. The Balaban J connectivity index is 2.31. The van der Waals surface area contributed by atoms with E-state index < -0.39 is 5.97 Å². The fourth-order valence-electron chi connectivity index (χ4n) is 1.49. The van der Waals surface area contributed by atoms with E-state index in [9.17, 15) is 9.90 Å². The molecule has 0 bridgehead atoms. The zero-order valence-corrected chi connectivity index (χ0v) is 8.87. The number of nitrogen functional groups attached to an aromatic ring is 1. The Labute approximate surface area is 96.9 Å². The van der Waals surface area contributed by atoms with Crippen molar-refractivity contribution in [2.75, 3.05) is 5.73 Å². The molecule has 0 aliphatic heterocycles. The van der Waals surface area contributed by atoms with Crippen LogP contribution in [0.3, 0.4) is 0 Å². The third-order valence-electron chi connectivity index (χ3n) is 2.42. The van der Waals surface area contributed by atoms with Gasteiger partial charge in [0.15, 0.2) is 0 Å². The van der Waals surface area contributed by atoms with Crippen molar-refractivity contribution in [1.82, 2.24) is 9.78 Å². The molecule has 0 saturated carbocycles. The van der Waals surface area contributed by atoms with Crippen LogP contribution in [-0.2, 0) is 6.54 Å². The van der Waals surface area contributed by atoms with Crippen LogP contribution in [0.15, 0.2) is 30.5 Å². The van der Waals surface area contributed by atoms with E-state index in [4.69, 9.17) is 10.8 Å². The first-order chi connectivity index (χ1) is 8.09. The summed E-state index contributed by atoms with van der Waals surface area (Å²) < 4.78 is 1.33. The molecule has 0 atom stereocenters. The number of carboxylic acid groups (broad SMARTS) is 1. The van der Waals surface area contributed by atoms with Gasteiger partial charge in [0.2, 0.25) is 0 Å². The summed E-state index contributed by atoms with van der Waals surface area (Å²) in [7, 11) is 0. The molecule has 6 heteroatoms. The van der Waals surface area contributed by atoms with Crippen LogP contribution >= 0.6 is 0 Å². The molecule has 1 aromatic heterocycles. The van der Waals surface area contributed by atoms with Crippen molar-refractivity contribution in [3.05, 3.63) is 41.6 Å². The Morgan fingerprint density at radius 1 is 1.41 bits per heavy atom. The Morgan fingerprint density at radius 2 is 2.12 bits per heavy atom. The SMILES string of the molecule is Nc1c(C(=O)O)cnn1Cc1ccccc1O. The summed E-state index contributed by atoms with van der Waals surface area (Å²) in [6.07, 6.45) is 1.19. The Kier molecular flexibility index (Phi) is 2.70. The Morgan fingerprint density at radius 3 is 2.71 bits per heavy atom. The fourth-order valence-corrected chi connectivity index (χ4v) is 1.49. The van der Waals surface area contributed by atoms with Crippen molar-refractivity contribution in [3.63, 3.8) is 0 Å². The van der Waals surface area contributed by atoms with Gasteiger partial charge in [-0.2, -0.15) is 5.10 Å². The average molecular weight is 233 g/mol. The number of para-hydroxylation sites is 1. The highest BCUT2D eigenvalue weighted by Crippen LogP contribution is 2.19. The molecule has 0 aliphatic rings. The minimum absolute atomic E-state index is 0.0413. The monoisotopic (exact) mass is 233 g/mol. The van der Waals surface area contributed by atoms with Gasteiger partial charge in [-0.15, -0.1) is 0 Å². The number of hydrogen-bond donors (Lipinski definition) is 3. The van der Waals surface area contributed by atoms with E-state index in [0.717, 1.165) is 0 Å². The van der Waals surface area contributed by atoms with Crippen LogP contribution in [-0.4, -0.2) is 26.0 Å². The predicted octanol–water partition coefficient (Wildman–Crippen LogP) is 0.917. The largest absolute Gasteiger partial charge is 0.508 e. The number of benzene rings is 1. The highest BCUT2D eigenvalue weighted by atomic mass is 16.4. The second-order valence-corrected chi connectivity index (χ2v) is 3.53. The number of nitrogens with two attached hydrogens (primary N) is 1. The molecular weight excluding hydrogens is 222 g/mol. The number of aromatic hydroxyl groups is 1. The van der Waals surface area contributed by atoms with E-state index in [1.165, 1.54) is 10.9 Å². The zero-order chi connectivity index (χ0) is 12.4. The van der Waals surface area contributed by atoms with E-state index in [2.05, 4.69) is 5.10 Å². The van der Waals surface area contributed by atoms with Crippen LogP contribution in [0.25, 0.3) is 0 Å². The van der Waals surface area contributed by atoms with Crippen molar-refractivity contribution < 1.29 is 15.0 Å². The number of nitrogens with zero attached hydrogens (tertiary/aromatic N) is 2. The normalized spacial score (nSPS) is 10.4. The molecule has 0 fully saturated rings. The van der Waals surface area contributed by atoms with E-state index in [-0.39, 0.29) is 23.7 Å². The quantitative estimate of drug-likeness (QED) is 0.731. The molecule has 6 nitrogen and oxygen atoms in total. The van der Waals surface area contributed by atoms with Gasteiger partial charge >= 0.3 is 5.97 Å². The molecule has 4 N–H and O–H groups in total. The summed E-state index contributed by atoms with van der Waals surface area (Å²) in [6, 6.07) is 6.74. The number of aromatic nitrogens is 2. The van der Waals surface area contributed by atoms with E-state index in [1.54, 1.807) is 24.3 Å². The number of phenolic OH excluding ortho intramolecular Hbond substituents is 1. The van der Waals surface area contributed by atoms with E-state index in [0.29, 0.717) is 5.56 Å². The minimum Gasteiger partial charge on any atom is -0.508 e. The second-order valence-electron chi connectivity index (χ2n) is 3.53. The topological polar surface area (TPSA) is 101 Å². The van der Waals surface area contributed by atoms with Crippen LogP contribution in [0.2, 0.25) is 0 Å². The fraction of sp³-hybridized carbons (Fsp3) is 0.0909. The van der Waals surface area contributed by atoms with Gasteiger partial charge < -0.3 is 15.9 Å². The summed E-state index contributed by atoms with van der Waals surface area (Å²) in [5.74, 6) is -0.925. The molecule has 0 spiro atoms. The number of carbonyl (C=O) groups is 1. The van der Waals surface area contributed by atoms with Gasteiger partial charge in [-0.1, -0.05) is 18.2 Å².